The minimum Gasteiger partial charge on any atom is -0.507 e. The number of phenols is 2. The van der Waals surface area contributed by atoms with Crippen LogP contribution in [0.4, 0.5) is 0 Å². The number of ketones is 2. The van der Waals surface area contributed by atoms with Crippen molar-refractivity contribution in [3.8, 4) is 11.5 Å². The molecule has 2 rings (SSSR count). The Morgan fingerprint density at radius 1 is 1.03 bits per heavy atom. The van der Waals surface area contributed by atoms with Crippen LogP contribution in [-0.4, -0.2) is 33.9 Å². The highest BCUT2D eigenvalue weighted by Gasteiger charge is 2.35. The third-order valence-corrected chi connectivity index (χ3v) is 5.03. The van der Waals surface area contributed by atoms with E-state index in [4.69, 9.17) is 4.74 Å². The third kappa shape index (κ3) is 5.81. The summed E-state index contributed by atoms with van der Waals surface area (Å²) in [5.74, 6) is -2.42. The lowest BCUT2D eigenvalue weighted by molar-refractivity contribution is -0.147. The van der Waals surface area contributed by atoms with Crippen molar-refractivity contribution in [3.63, 3.8) is 0 Å². The van der Waals surface area contributed by atoms with Gasteiger partial charge in [-0.25, -0.2) is 0 Å². The molecule has 1 aromatic rings. The molecule has 0 bridgehead atoms. The Morgan fingerprint density at radius 2 is 1.67 bits per heavy atom. The average Bonchev–Trinajstić information content (AvgIpc) is 2.69. The molecular formula is C24H30O6. The zero-order valence-corrected chi connectivity index (χ0v) is 17.9. The predicted molar refractivity (Wildman–Crippen MR) is 114 cm³/mol. The van der Waals surface area contributed by atoms with Gasteiger partial charge in [-0.1, -0.05) is 44.3 Å². The molecule has 6 nitrogen and oxygen atoms in total. The summed E-state index contributed by atoms with van der Waals surface area (Å²) in [4.78, 5) is 38.0. The van der Waals surface area contributed by atoms with Crippen molar-refractivity contribution in [2.24, 2.45) is 0 Å². The number of hydrogen-bond donors (Lipinski definition) is 2. The lowest BCUT2D eigenvalue weighted by Gasteiger charge is -2.23. The number of carbonyl (C=O) groups excluding carboxylic acids is 3. The second-order valence-electron chi connectivity index (χ2n) is 7.81. The minimum atomic E-state index is -0.936. The number of ether oxygens (including phenoxy) is 1. The summed E-state index contributed by atoms with van der Waals surface area (Å²) in [6, 6.07) is 2.33. The van der Waals surface area contributed by atoms with E-state index in [1.54, 1.807) is 0 Å². The Balaban J connectivity index is 2.23. The van der Waals surface area contributed by atoms with Gasteiger partial charge in [-0.15, -0.1) is 0 Å². The number of benzene rings is 1. The van der Waals surface area contributed by atoms with Crippen LogP contribution >= 0.6 is 0 Å². The van der Waals surface area contributed by atoms with Crippen LogP contribution in [0, 0.1) is 0 Å². The molecule has 0 spiro atoms. The fourth-order valence-corrected chi connectivity index (χ4v) is 3.39. The Kier molecular flexibility index (Phi) is 8.39. The molecule has 1 aliphatic rings. The average molecular weight is 414 g/mol. The van der Waals surface area contributed by atoms with Gasteiger partial charge >= 0.3 is 5.97 Å². The SMILES string of the molecule is CCCCCCCC(=O)O[C@H](CC=C(C)C)C1=CC(=O)c2c(O)ccc(O)c2C1=O. The number of allylic oxidation sites excluding steroid dienone is 2. The van der Waals surface area contributed by atoms with Crippen LogP contribution in [-0.2, 0) is 9.53 Å². The normalized spacial score (nSPS) is 14.0. The molecule has 2 N–H and O–H groups in total. The fraction of sp³-hybridized carbons (Fsp3) is 0.458. The Labute approximate surface area is 177 Å². The van der Waals surface area contributed by atoms with Gasteiger partial charge in [-0.3, -0.25) is 14.4 Å². The van der Waals surface area contributed by atoms with Crippen molar-refractivity contribution >= 4 is 17.5 Å². The maximum atomic E-state index is 13.0. The van der Waals surface area contributed by atoms with Gasteiger partial charge in [0.25, 0.3) is 0 Å². The number of phenolic OH excluding ortho intramolecular Hbond substituents is 2. The number of fused-ring (bicyclic) bond motifs is 1. The highest BCUT2D eigenvalue weighted by molar-refractivity contribution is 6.27. The summed E-state index contributed by atoms with van der Waals surface area (Å²) >= 11 is 0. The van der Waals surface area contributed by atoms with Crippen LogP contribution in [0.25, 0.3) is 0 Å². The monoisotopic (exact) mass is 414 g/mol. The summed E-state index contributed by atoms with van der Waals surface area (Å²) in [7, 11) is 0. The molecule has 0 fully saturated rings. The number of rotatable bonds is 10. The maximum Gasteiger partial charge on any atom is 0.306 e. The summed E-state index contributed by atoms with van der Waals surface area (Å²) in [6.07, 6.45) is 7.41. The summed E-state index contributed by atoms with van der Waals surface area (Å²) in [5, 5.41) is 20.1. The van der Waals surface area contributed by atoms with Gasteiger partial charge in [0.05, 0.1) is 11.1 Å². The first-order valence-electron chi connectivity index (χ1n) is 10.4. The largest absolute Gasteiger partial charge is 0.507 e. The number of aromatic hydroxyl groups is 2. The van der Waals surface area contributed by atoms with E-state index in [-0.39, 0.29) is 35.3 Å². The van der Waals surface area contributed by atoms with Gasteiger partial charge in [-0.2, -0.15) is 0 Å². The molecule has 0 heterocycles. The maximum absolute atomic E-state index is 13.0. The molecule has 30 heavy (non-hydrogen) atoms. The van der Waals surface area contributed by atoms with Gasteiger partial charge in [0.1, 0.15) is 17.6 Å². The van der Waals surface area contributed by atoms with E-state index < -0.39 is 29.4 Å². The van der Waals surface area contributed by atoms with E-state index in [1.165, 1.54) is 0 Å². The van der Waals surface area contributed by atoms with Crippen molar-refractivity contribution in [2.45, 2.75) is 71.8 Å². The number of Topliss-reactive ketones (excluding diaryl/α,β-unsaturated/α-hetero) is 1. The number of carbonyl (C=O) groups is 3. The molecule has 1 aliphatic carbocycles. The molecule has 0 aromatic heterocycles. The van der Waals surface area contributed by atoms with E-state index in [2.05, 4.69) is 6.92 Å². The molecule has 0 unspecified atom stereocenters. The molecule has 0 saturated carbocycles. The smallest absolute Gasteiger partial charge is 0.306 e. The highest BCUT2D eigenvalue weighted by Crippen LogP contribution is 2.36. The van der Waals surface area contributed by atoms with Crippen molar-refractivity contribution in [2.75, 3.05) is 0 Å². The Morgan fingerprint density at radius 3 is 2.30 bits per heavy atom. The summed E-state index contributed by atoms with van der Waals surface area (Å²) in [6.45, 7) is 5.88. The lowest BCUT2D eigenvalue weighted by atomic mass is 9.85. The van der Waals surface area contributed by atoms with Gasteiger partial charge in [0, 0.05) is 18.4 Å². The molecule has 1 aromatic carbocycles. The van der Waals surface area contributed by atoms with Crippen LogP contribution in [0.15, 0.2) is 35.4 Å². The van der Waals surface area contributed by atoms with Crippen molar-refractivity contribution in [1.29, 1.82) is 0 Å². The Bertz CT molecular complexity index is 874. The molecule has 0 amide bonds. The van der Waals surface area contributed by atoms with E-state index in [0.29, 0.717) is 6.42 Å². The van der Waals surface area contributed by atoms with Crippen LogP contribution in [0.2, 0.25) is 0 Å². The second-order valence-corrected chi connectivity index (χ2v) is 7.81. The third-order valence-electron chi connectivity index (χ3n) is 5.03. The quantitative estimate of drug-likeness (QED) is 0.241. The van der Waals surface area contributed by atoms with Crippen LogP contribution in [0.5, 0.6) is 11.5 Å². The summed E-state index contributed by atoms with van der Waals surface area (Å²) < 4.78 is 5.58. The zero-order valence-electron chi connectivity index (χ0n) is 17.9. The van der Waals surface area contributed by atoms with E-state index in [9.17, 15) is 24.6 Å². The van der Waals surface area contributed by atoms with E-state index in [0.717, 1.165) is 49.5 Å². The first kappa shape index (κ1) is 23.4. The topological polar surface area (TPSA) is 101 Å². The predicted octanol–water partition coefficient (Wildman–Crippen LogP) is 5.03. The minimum absolute atomic E-state index is 0.00485. The molecule has 0 saturated heterocycles. The number of unbranched alkanes of at least 4 members (excludes halogenated alkanes) is 4. The van der Waals surface area contributed by atoms with Crippen LogP contribution < -0.4 is 0 Å². The lowest BCUT2D eigenvalue weighted by Crippen LogP contribution is -2.29. The molecule has 162 valence electrons. The molecule has 6 heteroatoms. The van der Waals surface area contributed by atoms with Gasteiger partial charge in [0.15, 0.2) is 11.6 Å². The molecule has 0 radical (unpaired) electrons. The van der Waals surface area contributed by atoms with Crippen LogP contribution in [0.3, 0.4) is 0 Å². The molecule has 1 atom stereocenters. The summed E-state index contributed by atoms with van der Waals surface area (Å²) in [5.41, 5.74) is 0.499. The molecule has 0 aliphatic heterocycles. The van der Waals surface area contributed by atoms with Crippen molar-refractivity contribution < 1.29 is 29.3 Å². The Hall–Kier alpha value is -2.89. The van der Waals surface area contributed by atoms with Gasteiger partial charge < -0.3 is 14.9 Å². The van der Waals surface area contributed by atoms with Gasteiger partial charge in [0.2, 0.25) is 0 Å². The van der Waals surface area contributed by atoms with E-state index >= 15 is 0 Å². The first-order valence-corrected chi connectivity index (χ1v) is 10.4. The number of hydrogen-bond acceptors (Lipinski definition) is 6. The van der Waals surface area contributed by atoms with Crippen LogP contribution in [0.1, 0.15) is 86.4 Å². The molecular weight excluding hydrogens is 384 g/mol. The first-order chi connectivity index (χ1) is 14.3. The van der Waals surface area contributed by atoms with Crippen molar-refractivity contribution in [3.05, 3.63) is 46.6 Å². The fourth-order valence-electron chi connectivity index (χ4n) is 3.39. The standard InChI is InChI=1S/C24H30O6/c1-4-5-6-7-8-9-21(28)30-20(13-10-15(2)3)16-14-19(27)22-17(25)11-12-18(26)23(22)24(16)29/h10-12,14,20,25-26H,4-9,13H2,1-3H3/t20-/m1/s1. The van der Waals surface area contributed by atoms with E-state index in [1.807, 2.05) is 19.9 Å². The highest BCUT2D eigenvalue weighted by atomic mass is 16.5. The second kappa shape index (κ2) is 10.8. The zero-order chi connectivity index (χ0) is 22.3. The van der Waals surface area contributed by atoms with Crippen molar-refractivity contribution in [1.82, 2.24) is 0 Å². The number of esters is 1. The van der Waals surface area contributed by atoms with Gasteiger partial charge in [-0.05, 0) is 38.5 Å².